The van der Waals surface area contributed by atoms with Gasteiger partial charge in [-0.15, -0.1) is 11.8 Å². The van der Waals surface area contributed by atoms with Crippen molar-refractivity contribution >= 4 is 28.6 Å². The minimum absolute atomic E-state index is 0.158. The normalized spacial score (nSPS) is 23.6. The molecule has 1 aromatic carbocycles. The number of benzene rings is 1. The first-order valence-corrected chi connectivity index (χ1v) is 6.12. The molecule has 16 heavy (non-hydrogen) atoms. The van der Waals surface area contributed by atoms with Gasteiger partial charge in [-0.3, -0.25) is 4.79 Å². The standard InChI is InChI=1S/C12H12N2OS/c1-6-7-5-14-8-3-2-4-9(10(7)8)16-11(6)12(13)15/h2-6,11,14H,1H3,(H2,13,15). The Kier molecular flexibility index (Phi) is 2.01. The molecule has 2 heterocycles. The summed E-state index contributed by atoms with van der Waals surface area (Å²) in [6.45, 7) is 2.06. The van der Waals surface area contributed by atoms with Gasteiger partial charge in [0.05, 0.1) is 5.25 Å². The number of amides is 1. The fraction of sp³-hybridized carbons (Fsp3) is 0.250. The van der Waals surface area contributed by atoms with Crippen molar-refractivity contribution in [3.8, 4) is 0 Å². The summed E-state index contributed by atoms with van der Waals surface area (Å²) in [6, 6.07) is 6.10. The van der Waals surface area contributed by atoms with Gasteiger partial charge in [0, 0.05) is 27.9 Å². The van der Waals surface area contributed by atoms with E-state index in [1.165, 1.54) is 10.9 Å². The van der Waals surface area contributed by atoms with Crippen molar-refractivity contribution in [2.45, 2.75) is 23.0 Å². The number of hydrogen-bond acceptors (Lipinski definition) is 2. The Morgan fingerprint density at radius 2 is 2.31 bits per heavy atom. The smallest absolute Gasteiger partial charge is 0.231 e. The summed E-state index contributed by atoms with van der Waals surface area (Å²) >= 11 is 1.58. The third-order valence-corrected chi connectivity index (χ3v) is 4.67. The molecule has 3 N–H and O–H groups in total. The van der Waals surface area contributed by atoms with E-state index in [0.29, 0.717) is 0 Å². The number of primary amides is 1. The zero-order valence-corrected chi connectivity index (χ0v) is 9.67. The molecular formula is C12H12N2OS. The van der Waals surface area contributed by atoms with Gasteiger partial charge in [0.1, 0.15) is 0 Å². The molecule has 0 spiro atoms. The summed E-state index contributed by atoms with van der Waals surface area (Å²) in [4.78, 5) is 15.8. The molecule has 0 fully saturated rings. The summed E-state index contributed by atoms with van der Waals surface area (Å²) in [5, 5.41) is 1.09. The van der Waals surface area contributed by atoms with Crippen molar-refractivity contribution in [2.24, 2.45) is 5.73 Å². The Bertz CT molecular complexity index is 575. The molecule has 1 amide bonds. The lowest BCUT2D eigenvalue weighted by molar-refractivity contribution is -0.117. The SMILES string of the molecule is CC1c2c[nH]c3cccc(c23)SC1C(N)=O. The average molecular weight is 232 g/mol. The Morgan fingerprint density at radius 1 is 1.50 bits per heavy atom. The van der Waals surface area contributed by atoms with Crippen molar-refractivity contribution in [2.75, 3.05) is 0 Å². The van der Waals surface area contributed by atoms with Crippen LogP contribution in [0.5, 0.6) is 0 Å². The van der Waals surface area contributed by atoms with E-state index in [0.717, 1.165) is 10.4 Å². The van der Waals surface area contributed by atoms with Crippen LogP contribution in [-0.4, -0.2) is 16.1 Å². The van der Waals surface area contributed by atoms with Crippen LogP contribution in [0, 0.1) is 0 Å². The second-order valence-electron chi connectivity index (χ2n) is 4.15. The molecule has 0 saturated heterocycles. The predicted octanol–water partition coefficient (Wildman–Crippen LogP) is 2.23. The van der Waals surface area contributed by atoms with Crippen molar-refractivity contribution in [1.29, 1.82) is 0 Å². The Labute approximate surface area is 97.4 Å². The number of thioether (sulfide) groups is 1. The van der Waals surface area contributed by atoms with E-state index in [-0.39, 0.29) is 17.1 Å². The Morgan fingerprint density at radius 3 is 3.06 bits per heavy atom. The monoisotopic (exact) mass is 232 g/mol. The number of hydrogen-bond donors (Lipinski definition) is 2. The highest BCUT2D eigenvalue weighted by molar-refractivity contribution is 8.01. The molecule has 0 saturated carbocycles. The van der Waals surface area contributed by atoms with E-state index in [2.05, 4.69) is 18.0 Å². The average Bonchev–Trinajstić information content (AvgIpc) is 2.68. The van der Waals surface area contributed by atoms with Gasteiger partial charge >= 0.3 is 0 Å². The number of nitrogens with two attached hydrogens (primary N) is 1. The molecule has 3 rings (SSSR count). The Balaban J connectivity index is 2.25. The van der Waals surface area contributed by atoms with Gasteiger partial charge in [-0.25, -0.2) is 0 Å². The maximum Gasteiger partial charge on any atom is 0.231 e. The summed E-state index contributed by atoms with van der Waals surface area (Å²) in [5.41, 5.74) is 7.78. The summed E-state index contributed by atoms with van der Waals surface area (Å²) in [5.74, 6) is -0.0625. The lowest BCUT2D eigenvalue weighted by Gasteiger charge is -2.25. The molecule has 0 bridgehead atoms. The topological polar surface area (TPSA) is 58.9 Å². The number of aromatic amines is 1. The van der Waals surface area contributed by atoms with E-state index < -0.39 is 0 Å². The molecule has 1 aromatic heterocycles. The molecular weight excluding hydrogens is 220 g/mol. The van der Waals surface area contributed by atoms with Gasteiger partial charge in [-0.1, -0.05) is 13.0 Å². The number of aromatic nitrogens is 1. The van der Waals surface area contributed by atoms with Gasteiger partial charge < -0.3 is 10.7 Å². The molecule has 82 valence electrons. The van der Waals surface area contributed by atoms with Gasteiger partial charge in [0.25, 0.3) is 0 Å². The summed E-state index contributed by atoms with van der Waals surface area (Å²) in [7, 11) is 0. The van der Waals surface area contributed by atoms with Gasteiger partial charge in [-0.2, -0.15) is 0 Å². The van der Waals surface area contributed by atoms with Crippen molar-refractivity contribution < 1.29 is 4.79 Å². The van der Waals surface area contributed by atoms with Crippen molar-refractivity contribution in [3.05, 3.63) is 30.0 Å². The van der Waals surface area contributed by atoms with Crippen LogP contribution < -0.4 is 5.73 Å². The van der Waals surface area contributed by atoms with Crippen LogP contribution in [0.25, 0.3) is 10.9 Å². The molecule has 1 aliphatic rings. The molecule has 2 unspecified atom stereocenters. The number of carbonyl (C=O) groups is 1. The van der Waals surface area contributed by atoms with Crippen LogP contribution in [0.1, 0.15) is 18.4 Å². The summed E-state index contributed by atoms with van der Waals surface area (Å²) < 4.78 is 0. The Hall–Kier alpha value is -1.42. The number of carbonyl (C=O) groups excluding carboxylic acids is 1. The molecule has 0 aliphatic carbocycles. The molecule has 3 nitrogen and oxygen atoms in total. The molecule has 2 atom stereocenters. The van der Waals surface area contributed by atoms with Gasteiger partial charge in [0.2, 0.25) is 5.91 Å². The van der Waals surface area contributed by atoms with E-state index in [1.807, 2.05) is 18.3 Å². The number of nitrogens with one attached hydrogen (secondary N) is 1. The van der Waals surface area contributed by atoms with Crippen LogP contribution in [0.4, 0.5) is 0 Å². The van der Waals surface area contributed by atoms with E-state index in [1.54, 1.807) is 11.8 Å². The lowest BCUT2D eigenvalue weighted by Crippen LogP contribution is -2.31. The minimum atomic E-state index is -0.235. The summed E-state index contributed by atoms with van der Waals surface area (Å²) in [6.07, 6.45) is 1.99. The molecule has 2 aromatic rings. The van der Waals surface area contributed by atoms with E-state index in [9.17, 15) is 4.79 Å². The van der Waals surface area contributed by atoms with Crippen molar-refractivity contribution in [1.82, 2.24) is 4.98 Å². The fourth-order valence-corrected chi connectivity index (χ4v) is 3.58. The second-order valence-corrected chi connectivity index (χ2v) is 5.34. The highest BCUT2D eigenvalue weighted by atomic mass is 32.2. The third kappa shape index (κ3) is 1.19. The zero-order chi connectivity index (χ0) is 11.3. The first kappa shape index (κ1) is 9.78. The minimum Gasteiger partial charge on any atom is -0.369 e. The fourth-order valence-electron chi connectivity index (χ4n) is 2.34. The quantitative estimate of drug-likeness (QED) is 0.792. The van der Waals surface area contributed by atoms with Crippen LogP contribution >= 0.6 is 11.8 Å². The van der Waals surface area contributed by atoms with Crippen molar-refractivity contribution in [3.63, 3.8) is 0 Å². The molecule has 0 radical (unpaired) electrons. The van der Waals surface area contributed by atoms with Gasteiger partial charge in [-0.05, 0) is 17.7 Å². The van der Waals surface area contributed by atoms with Crippen LogP contribution in [-0.2, 0) is 4.79 Å². The number of rotatable bonds is 1. The van der Waals surface area contributed by atoms with E-state index >= 15 is 0 Å². The highest BCUT2D eigenvalue weighted by Crippen LogP contribution is 2.45. The lowest BCUT2D eigenvalue weighted by atomic mass is 9.96. The van der Waals surface area contributed by atoms with Crippen LogP contribution in [0.3, 0.4) is 0 Å². The maximum absolute atomic E-state index is 11.4. The zero-order valence-electron chi connectivity index (χ0n) is 8.86. The van der Waals surface area contributed by atoms with E-state index in [4.69, 9.17) is 5.73 Å². The third-order valence-electron chi connectivity index (χ3n) is 3.18. The van der Waals surface area contributed by atoms with Crippen LogP contribution in [0.15, 0.2) is 29.3 Å². The first-order valence-electron chi connectivity index (χ1n) is 5.24. The van der Waals surface area contributed by atoms with Gasteiger partial charge in [0.15, 0.2) is 0 Å². The first-order chi connectivity index (χ1) is 7.68. The predicted molar refractivity (Wildman–Crippen MR) is 65.6 cm³/mol. The molecule has 1 aliphatic heterocycles. The second kappa shape index (κ2) is 3.28. The molecule has 4 heteroatoms. The highest BCUT2D eigenvalue weighted by Gasteiger charge is 2.32. The number of H-pyrrole nitrogens is 1. The maximum atomic E-state index is 11.4. The largest absolute Gasteiger partial charge is 0.369 e. The van der Waals surface area contributed by atoms with Crippen LogP contribution in [0.2, 0.25) is 0 Å².